The Balaban J connectivity index is 1.49. The zero-order chi connectivity index (χ0) is 19.5. The number of hydrogen-bond donors (Lipinski definition) is 0. The van der Waals surface area contributed by atoms with E-state index in [0.29, 0.717) is 35.9 Å². The van der Waals surface area contributed by atoms with Gasteiger partial charge >= 0.3 is 0 Å². The van der Waals surface area contributed by atoms with Crippen LogP contribution in [0.4, 0.5) is 5.69 Å². The summed E-state index contributed by atoms with van der Waals surface area (Å²) in [4.78, 5) is 18.3. The molecule has 3 aromatic rings. The summed E-state index contributed by atoms with van der Waals surface area (Å²) in [5.41, 5.74) is 2.92. The van der Waals surface area contributed by atoms with Crippen molar-refractivity contribution in [3.8, 4) is 5.75 Å². The second-order valence-corrected chi connectivity index (χ2v) is 6.87. The van der Waals surface area contributed by atoms with Crippen molar-refractivity contribution in [1.29, 1.82) is 0 Å². The monoisotopic (exact) mass is 372 g/mol. The minimum absolute atomic E-state index is 0.0173. The summed E-state index contributed by atoms with van der Waals surface area (Å²) in [6.45, 7) is 10.6. The third-order valence-corrected chi connectivity index (χ3v) is 4.81. The molecule has 6 nitrogen and oxygen atoms in total. The molecule has 1 aliphatic heterocycles. The van der Waals surface area contributed by atoms with Crippen LogP contribution in [0.15, 0.2) is 60.7 Å². The molecule has 2 heterocycles. The molecule has 0 saturated heterocycles. The lowest BCUT2D eigenvalue weighted by Gasteiger charge is -2.33. The molecule has 1 aromatic heterocycles. The zero-order valence-electron chi connectivity index (χ0n) is 15.6. The molecule has 0 bridgehead atoms. The Labute approximate surface area is 163 Å². The van der Waals surface area contributed by atoms with Crippen LogP contribution >= 0.6 is 0 Å². The predicted molar refractivity (Wildman–Crippen MR) is 105 cm³/mol. The van der Waals surface area contributed by atoms with Crippen LogP contribution in [0.3, 0.4) is 0 Å². The van der Waals surface area contributed by atoms with Gasteiger partial charge in [0.1, 0.15) is 23.7 Å². The van der Waals surface area contributed by atoms with Crippen molar-refractivity contribution in [2.75, 3.05) is 0 Å². The van der Waals surface area contributed by atoms with Gasteiger partial charge in [-0.15, -0.1) is 0 Å². The molecule has 4 rings (SSSR count). The van der Waals surface area contributed by atoms with Crippen LogP contribution in [-0.4, -0.2) is 26.6 Å². The highest BCUT2D eigenvalue weighted by Gasteiger charge is 2.31. The van der Waals surface area contributed by atoms with Crippen LogP contribution in [0.5, 0.6) is 5.75 Å². The fourth-order valence-electron chi connectivity index (χ4n) is 3.36. The van der Waals surface area contributed by atoms with Crippen LogP contribution in [-0.2, 0) is 19.7 Å². The average molecular weight is 372 g/mol. The third-order valence-electron chi connectivity index (χ3n) is 4.81. The van der Waals surface area contributed by atoms with Gasteiger partial charge in [0.15, 0.2) is 5.69 Å². The fraction of sp³-hybridized carbons (Fsp3) is 0.227. The van der Waals surface area contributed by atoms with E-state index in [9.17, 15) is 4.79 Å². The van der Waals surface area contributed by atoms with Gasteiger partial charge in [-0.1, -0.05) is 42.5 Å². The number of rotatable bonds is 5. The quantitative estimate of drug-likeness (QED) is 0.635. The predicted octanol–water partition coefficient (Wildman–Crippen LogP) is 4.06. The topological polar surface area (TPSA) is 51.7 Å². The van der Waals surface area contributed by atoms with Crippen molar-refractivity contribution in [2.24, 2.45) is 0 Å². The van der Waals surface area contributed by atoms with Gasteiger partial charge in [-0.3, -0.25) is 9.48 Å². The van der Waals surface area contributed by atoms with Gasteiger partial charge in [0, 0.05) is 12.6 Å². The molecule has 28 heavy (non-hydrogen) atoms. The minimum Gasteiger partial charge on any atom is -0.489 e. The molecule has 6 heteroatoms. The number of hydrogen-bond acceptors (Lipinski definition) is 3. The number of benzene rings is 2. The van der Waals surface area contributed by atoms with E-state index in [1.807, 2.05) is 42.2 Å². The van der Waals surface area contributed by atoms with Gasteiger partial charge in [0.05, 0.1) is 13.1 Å². The van der Waals surface area contributed by atoms with E-state index in [-0.39, 0.29) is 18.6 Å². The summed E-state index contributed by atoms with van der Waals surface area (Å²) in [6.07, 6.45) is 0. The Morgan fingerprint density at radius 1 is 1.18 bits per heavy atom. The van der Waals surface area contributed by atoms with E-state index < -0.39 is 0 Å². The van der Waals surface area contributed by atoms with Gasteiger partial charge < -0.3 is 9.64 Å². The molecule has 0 unspecified atom stereocenters. The molecule has 0 N–H and O–H groups in total. The number of carbonyl (C=O) groups is 1. The second-order valence-electron chi connectivity index (χ2n) is 6.87. The zero-order valence-corrected chi connectivity index (χ0v) is 15.6. The maximum absolute atomic E-state index is 13.0. The van der Waals surface area contributed by atoms with Crippen LogP contribution < -0.4 is 4.74 Å². The number of aromatic nitrogens is 2. The molecule has 1 atom stereocenters. The minimum atomic E-state index is -0.0173. The lowest BCUT2D eigenvalue weighted by atomic mass is 10.1. The lowest BCUT2D eigenvalue weighted by Crippen LogP contribution is -2.46. The Morgan fingerprint density at radius 2 is 2.00 bits per heavy atom. The normalized spacial score (nSPS) is 15.8. The van der Waals surface area contributed by atoms with Crippen LogP contribution in [0.25, 0.3) is 4.85 Å². The van der Waals surface area contributed by atoms with E-state index in [0.717, 1.165) is 5.56 Å². The molecule has 1 aliphatic rings. The van der Waals surface area contributed by atoms with Crippen molar-refractivity contribution >= 4 is 11.6 Å². The Hall–Kier alpha value is -3.59. The molecule has 0 spiro atoms. The van der Waals surface area contributed by atoms with E-state index in [2.05, 4.69) is 9.94 Å². The SMILES string of the molecule is [C-]#[N+]c1cccc(OCc2cc3n(n2)C[C@@H](C)N(Cc2ccccc2)C3=O)c1. The highest BCUT2D eigenvalue weighted by molar-refractivity contribution is 5.93. The first kappa shape index (κ1) is 17.8. The van der Waals surface area contributed by atoms with Crippen molar-refractivity contribution in [2.45, 2.75) is 32.7 Å². The summed E-state index contributed by atoms with van der Waals surface area (Å²) in [6, 6.07) is 18.9. The van der Waals surface area contributed by atoms with Gasteiger partial charge in [0.2, 0.25) is 0 Å². The largest absolute Gasteiger partial charge is 0.489 e. The second kappa shape index (κ2) is 7.57. The number of amides is 1. The van der Waals surface area contributed by atoms with E-state index in [4.69, 9.17) is 11.3 Å². The van der Waals surface area contributed by atoms with Gasteiger partial charge in [-0.05, 0) is 30.7 Å². The highest BCUT2D eigenvalue weighted by Crippen LogP contribution is 2.23. The first-order valence-corrected chi connectivity index (χ1v) is 9.16. The molecule has 0 aliphatic carbocycles. The molecular weight excluding hydrogens is 352 g/mol. The molecule has 1 amide bonds. The van der Waals surface area contributed by atoms with Gasteiger partial charge in [-0.25, -0.2) is 4.85 Å². The maximum Gasteiger partial charge on any atom is 0.272 e. The van der Waals surface area contributed by atoms with E-state index in [1.54, 1.807) is 35.0 Å². The fourth-order valence-corrected chi connectivity index (χ4v) is 3.36. The van der Waals surface area contributed by atoms with Gasteiger partial charge in [0.25, 0.3) is 5.91 Å². The number of nitrogens with zero attached hydrogens (tertiary/aromatic N) is 4. The van der Waals surface area contributed by atoms with Crippen molar-refractivity contribution in [3.63, 3.8) is 0 Å². The third kappa shape index (κ3) is 3.60. The Kier molecular flexibility index (Phi) is 4.81. The summed E-state index contributed by atoms with van der Waals surface area (Å²) in [7, 11) is 0. The molecule has 0 saturated carbocycles. The smallest absolute Gasteiger partial charge is 0.272 e. The van der Waals surface area contributed by atoms with Crippen molar-refractivity contribution in [1.82, 2.24) is 14.7 Å². The Bertz CT molecular complexity index is 1040. The lowest BCUT2D eigenvalue weighted by molar-refractivity contribution is 0.0584. The summed E-state index contributed by atoms with van der Waals surface area (Å²) < 4.78 is 7.52. The molecule has 2 aromatic carbocycles. The summed E-state index contributed by atoms with van der Waals surface area (Å²) in [5, 5.41) is 4.53. The van der Waals surface area contributed by atoms with Crippen LogP contribution in [0, 0.1) is 6.57 Å². The van der Waals surface area contributed by atoms with Crippen molar-refractivity contribution in [3.05, 3.63) is 89.0 Å². The molecular formula is C22H20N4O2. The molecule has 140 valence electrons. The molecule has 0 fully saturated rings. The number of carbonyl (C=O) groups excluding carboxylic acids is 1. The highest BCUT2D eigenvalue weighted by atomic mass is 16.5. The average Bonchev–Trinajstić information content (AvgIpc) is 3.13. The van der Waals surface area contributed by atoms with Crippen molar-refractivity contribution < 1.29 is 9.53 Å². The summed E-state index contributed by atoms with van der Waals surface area (Å²) >= 11 is 0. The first-order valence-electron chi connectivity index (χ1n) is 9.16. The van der Waals surface area contributed by atoms with E-state index >= 15 is 0 Å². The van der Waals surface area contributed by atoms with Crippen LogP contribution in [0.1, 0.15) is 28.7 Å². The molecule has 0 radical (unpaired) electrons. The number of ether oxygens (including phenoxy) is 1. The Morgan fingerprint density at radius 3 is 2.79 bits per heavy atom. The first-order chi connectivity index (χ1) is 13.6. The maximum atomic E-state index is 13.0. The number of fused-ring (bicyclic) bond motifs is 1. The summed E-state index contributed by atoms with van der Waals surface area (Å²) in [5.74, 6) is 0.598. The van der Waals surface area contributed by atoms with Crippen LogP contribution in [0.2, 0.25) is 0 Å². The van der Waals surface area contributed by atoms with Gasteiger partial charge in [-0.2, -0.15) is 5.10 Å². The standard InChI is InChI=1S/C22H20N4O2/c1-16-13-26-21(22(27)25(16)14-17-7-4-3-5-8-17)12-19(24-26)15-28-20-10-6-9-18(11-20)23-2/h3-12,16H,13-15H2,1H3/t16-/m1/s1. The van der Waals surface area contributed by atoms with E-state index in [1.165, 1.54) is 0 Å².